The zero-order valence-electron chi connectivity index (χ0n) is 11.0. The maximum Gasteiger partial charge on any atom is 0.244 e. The molecule has 1 fully saturated rings. The highest BCUT2D eigenvalue weighted by Crippen LogP contribution is 2.29. The zero-order chi connectivity index (χ0) is 15.1. The number of anilines is 1. The van der Waals surface area contributed by atoms with Crippen LogP contribution in [-0.4, -0.2) is 42.4 Å². The number of nitrogens with two attached hydrogens (primary N) is 2. The first-order chi connectivity index (χ1) is 9.25. The Bertz CT molecular complexity index is 644. The third-order valence-corrected chi connectivity index (χ3v) is 5.49. The first-order valence-corrected chi connectivity index (χ1v) is 7.53. The van der Waals surface area contributed by atoms with Crippen LogP contribution in [0.5, 0.6) is 0 Å². The van der Waals surface area contributed by atoms with Crippen molar-refractivity contribution in [1.29, 1.82) is 0 Å². The van der Waals surface area contributed by atoms with Gasteiger partial charge in [-0.25, -0.2) is 8.42 Å². The number of nitrogen functional groups attached to an aromatic ring is 1. The third kappa shape index (κ3) is 2.37. The van der Waals surface area contributed by atoms with Gasteiger partial charge in [0.15, 0.2) is 0 Å². The molecule has 0 aliphatic carbocycles. The molecule has 1 aromatic rings. The minimum absolute atomic E-state index is 0.00985. The Morgan fingerprint density at radius 3 is 2.70 bits per heavy atom. The van der Waals surface area contributed by atoms with Crippen molar-refractivity contribution in [3.63, 3.8) is 0 Å². The van der Waals surface area contributed by atoms with E-state index in [1.165, 1.54) is 12.1 Å². The Morgan fingerprint density at radius 2 is 2.10 bits per heavy atom. The fraction of sp³-hybridized carbons (Fsp3) is 0.417. The first kappa shape index (κ1) is 14.8. The van der Waals surface area contributed by atoms with Crippen LogP contribution in [0.25, 0.3) is 0 Å². The molecule has 2 rings (SSSR count). The molecule has 1 aliphatic heterocycles. The Morgan fingerprint density at radius 1 is 1.45 bits per heavy atom. The molecule has 7 nitrogen and oxygen atoms in total. The van der Waals surface area contributed by atoms with Crippen molar-refractivity contribution in [1.82, 2.24) is 4.31 Å². The lowest BCUT2D eigenvalue weighted by Crippen LogP contribution is -2.43. The highest BCUT2D eigenvalue weighted by Gasteiger charge is 2.43. The summed E-state index contributed by atoms with van der Waals surface area (Å²) in [5.74, 6) is -0.772. The summed E-state index contributed by atoms with van der Waals surface area (Å²) < 4.78 is 26.2. The van der Waals surface area contributed by atoms with E-state index < -0.39 is 28.1 Å². The smallest absolute Gasteiger partial charge is 0.244 e. The van der Waals surface area contributed by atoms with E-state index in [0.717, 1.165) is 4.31 Å². The van der Waals surface area contributed by atoms with Gasteiger partial charge in [-0.3, -0.25) is 4.79 Å². The van der Waals surface area contributed by atoms with Gasteiger partial charge in [-0.1, -0.05) is 6.07 Å². The van der Waals surface area contributed by atoms with Gasteiger partial charge in [-0.15, -0.1) is 0 Å². The van der Waals surface area contributed by atoms with Crippen molar-refractivity contribution in [3.8, 4) is 0 Å². The number of carbonyl (C=O) groups is 1. The molecule has 0 radical (unpaired) electrons. The molecule has 5 N–H and O–H groups in total. The molecule has 1 heterocycles. The number of aliphatic hydroxyl groups excluding tert-OH is 1. The van der Waals surface area contributed by atoms with Crippen LogP contribution in [0.1, 0.15) is 12.0 Å². The number of aliphatic hydroxyl groups is 1. The van der Waals surface area contributed by atoms with Crippen LogP contribution in [0.2, 0.25) is 0 Å². The maximum atomic E-state index is 12.6. The third-order valence-electron chi connectivity index (χ3n) is 3.47. The lowest BCUT2D eigenvalue weighted by atomic mass is 10.2. The van der Waals surface area contributed by atoms with E-state index in [2.05, 4.69) is 0 Å². The van der Waals surface area contributed by atoms with E-state index >= 15 is 0 Å². The molecule has 0 bridgehead atoms. The van der Waals surface area contributed by atoms with Gasteiger partial charge in [0.2, 0.25) is 15.9 Å². The van der Waals surface area contributed by atoms with Crippen LogP contribution in [0.4, 0.5) is 5.69 Å². The van der Waals surface area contributed by atoms with Crippen LogP contribution < -0.4 is 11.5 Å². The van der Waals surface area contributed by atoms with Crippen molar-refractivity contribution in [2.45, 2.75) is 30.4 Å². The number of amides is 1. The topological polar surface area (TPSA) is 127 Å². The van der Waals surface area contributed by atoms with Crippen LogP contribution in [0, 0.1) is 6.92 Å². The fourth-order valence-corrected chi connectivity index (χ4v) is 4.25. The summed E-state index contributed by atoms with van der Waals surface area (Å²) in [7, 11) is -3.93. The molecule has 0 aromatic heterocycles. The number of primary amides is 1. The van der Waals surface area contributed by atoms with Crippen molar-refractivity contribution in [2.75, 3.05) is 12.3 Å². The molecule has 0 saturated carbocycles. The van der Waals surface area contributed by atoms with Crippen LogP contribution in [0.3, 0.4) is 0 Å². The Balaban J connectivity index is 2.49. The number of rotatable bonds is 3. The monoisotopic (exact) mass is 299 g/mol. The van der Waals surface area contributed by atoms with Crippen molar-refractivity contribution in [3.05, 3.63) is 23.8 Å². The molecule has 0 spiro atoms. The lowest BCUT2D eigenvalue weighted by Gasteiger charge is -2.22. The Kier molecular flexibility index (Phi) is 3.72. The SMILES string of the molecule is Cc1c(N)cccc1S(=O)(=O)N1CC(O)CC1C(N)=O. The molecule has 1 amide bonds. The second-order valence-corrected chi connectivity index (χ2v) is 6.71. The average molecular weight is 299 g/mol. The Hall–Kier alpha value is -1.64. The van der Waals surface area contributed by atoms with Crippen LogP contribution in [-0.2, 0) is 14.8 Å². The molecule has 110 valence electrons. The average Bonchev–Trinajstić information content (AvgIpc) is 2.75. The molecule has 1 saturated heterocycles. The normalized spacial score (nSPS) is 23.9. The lowest BCUT2D eigenvalue weighted by molar-refractivity contribution is -0.121. The van der Waals surface area contributed by atoms with Gasteiger partial charge in [0, 0.05) is 18.7 Å². The van der Waals surface area contributed by atoms with Gasteiger partial charge in [-0.2, -0.15) is 4.31 Å². The zero-order valence-corrected chi connectivity index (χ0v) is 11.8. The number of carbonyl (C=O) groups excluding carboxylic acids is 1. The van der Waals surface area contributed by atoms with E-state index in [0.29, 0.717) is 11.3 Å². The molecular formula is C12H17N3O4S. The minimum atomic E-state index is -3.93. The fourth-order valence-electron chi connectivity index (χ4n) is 2.35. The van der Waals surface area contributed by atoms with Gasteiger partial charge in [0.25, 0.3) is 0 Å². The van der Waals surface area contributed by atoms with Crippen molar-refractivity contribution < 1.29 is 18.3 Å². The Labute approximate surface area is 117 Å². The minimum Gasteiger partial charge on any atom is -0.398 e. The van der Waals surface area contributed by atoms with E-state index in [9.17, 15) is 18.3 Å². The van der Waals surface area contributed by atoms with E-state index in [4.69, 9.17) is 11.5 Å². The molecule has 2 atom stereocenters. The summed E-state index contributed by atoms with van der Waals surface area (Å²) in [4.78, 5) is 11.4. The predicted octanol–water partition coefficient (Wildman–Crippen LogP) is -0.814. The van der Waals surface area contributed by atoms with Crippen molar-refractivity contribution in [2.24, 2.45) is 5.73 Å². The summed E-state index contributed by atoms with van der Waals surface area (Å²) in [5.41, 5.74) is 11.7. The summed E-state index contributed by atoms with van der Waals surface area (Å²) in [6.45, 7) is 1.44. The second kappa shape index (κ2) is 5.04. The van der Waals surface area contributed by atoms with E-state index in [-0.39, 0.29) is 17.9 Å². The number of hydrogen-bond acceptors (Lipinski definition) is 5. The molecule has 8 heteroatoms. The van der Waals surface area contributed by atoms with Gasteiger partial charge >= 0.3 is 0 Å². The molecule has 1 aliphatic rings. The van der Waals surface area contributed by atoms with E-state index in [1.807, 2.05) is 0 Å². The summed E-state index contributed by atoms with van der Waals surface area (Å²) in [6, 6.07) is 3.51. The number of β-amino-alcohol motifs (C(OH)–C–C–N with tert-alkyl or cyclic N) is 1. The molecular weight excluding hydrogens is 282 g/mol. The molecule has 2 unspecified atom stereocenters. The number of hydrogen-bond donors (Lipinski definition) is 3. The molecule has 20 heavy (non-hydrogen) atoms. The van der Waals surface area contributed by atoms with E-state index in [1.54, 1.807) is 13.0 Å². The maximum absolute atomic E-state index is 12.6. The van der Waals surface area contributed by atoms with Gasteiger partial charge < -0.3 is 16.6 Å². The first-order valence-electron chi connectivity index (χ1n) is 6.09. The molecule has 1 aromatic carbocycles. The summed E-state index contributed by atoms with van der Waals surface area (Å²) in [6.07, 6.45) is -0.890. The van der Waals surface area contributed by atoms with Crippen molar-refractivity contribution >= 4 is 21.6 Å². The highest BCUT2D eigenvalue weighted by molar-refractivity contribution is 7.89. The van der Waals surface area contributed by atoms with Gasteiger partial charge in [0.1, 0.15) is 6.04 Å². The number of benzene rings is 1. The second-order valence-electron chi connectivity index (χ2n) is 4.85. The van der Waals surface area contributed by atoms with Crippen LogP contribution in [0.15, 0.2) is 23.1 Å². The number of nitrogens with zero attached hydrogens (tertiary/aromatic N) is 1. The largest absolute Gasteiger partial charge is 0.398 e. The summed E-state index contributed by atoms with van der Waals surface area (Å²) in [5, 5.41) is 9.61. The standard InChI is InChI=1S/C12H17N3O4S/c1-7-9(13)3-2-4-11(7)20(18,19)15-6-8(16)5-10(15)12(14)17/h2-4,8,10,16H,5-6,13H2,1H3,(H2,14,17). The highest BCUT2D eigenvalue weighted by atomic mass is 32.2. The quantitative estimate of drug-likeness (QED) is 0.629. The van der Waals surface area contributed by atoms with Gasteiger partial charge in [0.05, 0.1) is 11.0 Å². The van der Waals surface area contributed by atoms with Gasteiger partial charge in [-0.05, 0) is 24.6 Å². The predicted molar refractivity (Wildman–Crippen MR) is 73.1 cm³/mol. The van der Waals surface area contributed by atoms with Crippen LogP contribution >= 0.6 is 0 Å². The number of sulfonamides is 1. The summed E-state index contributed by atoms with van der Waals surface area (Å²) >= 11 is 0.